The Bertz CT molecular complexity index is 306. The fourth-order valence-electron chi connectivity index (χ4n) is 3.09. The molecule has 5 heteroatoms. The van der Waals surface area contributed by atoms with Crippen LogP contribution in [0.5, 0.6) is 0 Å². The number of nitrogens with one attached hydrogen (secondary N) is 1. The van der Waals surface area contributed by atoms with E-state index in [0.29, 0.717) is 12.3 Å². The lowest BCUT2D eigenvalue weighted by Gasteiger charge is -2.35. The smallest absolute Gasteiger partial charge is 0.220 e. The molecule has 0 spiro atoms. The molecule has 0 radical (unpaired) electrons. The molecule has 0 aromatic heterocycles. The van der Waals surface area contributed by atoms with Gasteiger partial charge in [0.1, 0.15) is 0 Å². The van der Waals surface area contributed by atoms with Gasteiger partial charge in [0.25, 0.3) is 0 Å². The molecule has 1 heterocycles. The first-order valence-corrected chi connectivity index (χ1v) is 8.53. The minimum atomic E-state index is 0.169. The fourth-order valence-corrected chi connectivity index (χ4v) is 3.88. The van der Waals surface area contributed by atoms with Crippen LogP contribution in [-0.2, 0) is 9.53 Å². The van der Waals surface area contributed by atoms with E-state index in [0.717, 1.165) is 45.4 Å². The van der Waals surface area contributed by atoms with Crippen LogP contribution in [-0.4, -0.2) is 42.7 Å². The van der Waals surface area contributed by atoms with E-state index in [1.807, 2.05) is 11.8 Å². The zero-order chi connectivity index (χ0) is 13.7. The number of amides is 1. The van der Waals surface area contributed by atoms with Crippen molar-refractivity contribution in [2.24, 2.45) is 11.7 Å². The number of rotatable bonds is 5. The summed E-state index contributed by atoms with van der Waals surface area (Å²) in [6.45, 7) is 2.38. The minimum absolute atomic E-state index is 0.169. The van der Waals surface area contributed by atoms with Crippen LogP contribution < -0.4 is 11.1 Å². The highest BCUT2D eigenvalue weighted by Crippen LogP contribution is 2.33. The number of ether oxygens (including phenoxy) is 1. The first-order valence-electron chi connectivity index (χ1n) is 7.30. The zero-order valence-corrected chi connectivity index (χ0v) is 12.6. The van der Waals surface area contributed by atoms with Gasteiger partial charge in [-0.05, 0) is 37.9 Å². The molecule has 1 amide bonds. The zero-order valence-electron chi connectivity index (χ0n) is 11.8. The third-order valence-corrected chi connectivity index (χ3v) is 6.03. The van der Waals surface area contributed by atoms with Gasteiger partial charge < -0.3 is 15.8 Å². The van der Waals surface area contributed by atoms with Crippen molar-refractivity contribution < 1.29 is 9.53 Å². The monoisotopic (exact) mass is 286 g/mol. The number of nitrogens with two attached hydrogens (primary N) is 1. The van der Waals surface area contributed by atoms with Crippen LogP contribution in [0.4, 0.5) is 0 Å². The van der Waals surface area contributed by atoms with Crippen LogP contribution >= 0.6 is 11.8 Å². The fraction of sp³-hybridized carbons (Fsp3) is 0.929. The van der Waals surface area contributed by atoms with E-state index in [-0.39, 0.29) is 16.7 Å². The maximum absolute atomic E-state index is 12.0. The average molecular weight is 286 g/mol. The quantitative estimate of drug-likeness (QED) is 0.804. The van der Waals surface area contributed by atoms with E-state index in [9.17, 15) is 4.79 Å². The lowest BCUT2D eigenvalue weighted by molar-refractivity contribution is -0.122. The van der Waals surface area contributed by atoms with Crippen LogP contribution in [0.1, 0.15) is 38.5 Å². The third-order valence-electron chi connectivity index (χ3n) is 4.61. The molecule has 110 valence electrons. The van der Waals surface area contributed by atoms with Gasteiger partial charge in [0.15, 0.2) is 0 Å². The van der Waals surface area contributed by atoms with Gasteiger partial charge in [-0.2, -0.15) is 11.8 Å². The summed E-state index contributed by atoms with van der Waals surface area (Å²) in [7, 11) is 0. The summed E-state index contributed by atoms with van der Waals surface area (Å²) >= 11 is 1.86. The molecule has 0 unspecified atom stereocenters. The molecule has 0 bridgehead atoms. The van der Waals surface area contributed by atoms with E-state index < -0.39 is 0 Å². The van der Waals surface area contributed by atoms with Crippen molar-refractivity contribution in [1.82, 2.24) is 5.32 Å². The number of hydrogen-bond donors (Lipinski definition) is 2. The second kappa shape index (κ2) is 6.95. The van der Waals surface area contributed by atoms with Crippen LogP contribution in [0, 0.1) is 5.92 Å². The van der Waals surface area contributed by atoms with Crippen molar-refractivity contribution in [1.29, 1.82) is 0 Å². The van der Waals surface area contributed by atoms with Crippen LogP contribution in [0.25, 0.3) is 0 Å². The molecule has 3 N–H and O–H groups in total. The molecule has 1 aliphatic heterocycles. The summed E-state index contributed by atoms with van der Waals surface area (Å²) in [5.41, 5.74) is 6.02. The van der Waals surface area contributed by atoms with Gasteiger partial charge in [0, 0.05) is 37.0 Å². The van der Waals surface area contributed by atoms with Gasteiger partial charge in [0.2, 0.25) is 5.91 Å². The molecule has 19 heavy (non-hydrogen) atoms. The largest absolute Gasteiger partial charge is 0.381 e. The maximum Gasteiger partial charge on any atom is 0.220 e. The highest BCUT2D eigenvalue weighted by molar-refractivity contribution is 8.00. The van der Waals surface area contributed by atoms with E-state index >= 15 is 0 Å². The van der Waals surface area contributed by atoms with Gasteiger partial charge >= 0.3 is 0 Å². The standard InChI is InChI=1S/C14H26N2O2S/c1-19-14(5-7-18-8-6-14)10-16-13(17)9-11-3-2-4-12(11)15/h11-12H,2-10,15H2,1H3,(H,16,17)/t11-,12+/m0/s1. The van der Waals surface area contributed by atoms with E-state index in [2.05, 4.69) is 11.6 Å². The Labute approximate surface area is 120 Å². The van der Waals surface area contributed by atoms with Gasteiger partial charge in [-0.1, -0.05) is 6.42 Å². The molecule has 2 atom stereocenters. The molecule has 4 nitrogen and oxygen atoms in total. The van der Waals surface area contributed by atoms with Crippen molar-refractivity contribution in [2.75, 3.05) is 26.0 Å². The second-order valence-electron chi connectivity index (χ2n) is 5.84. The summed E-state index contributed by atoms with van der Waals surface area (Å²) in [6.07, 6.45) is 8.13. The predicted molar refractivity (Wildman–Crippen MR) is 79.2 cm³/mol. The Morgan fingerprint density at radius 3 is 2.74 bits per heavy atom. The average Bonchev–Trinajstić information content (AvgIpc) is 2.83. The normalized spacial score (nSPS) is 30.2. The highest BCUT2D eigenvalue weighted by atomic mass is 32.2. The van der Waals surface area contributed by atoms with Crippen LogP contribution in [0.3, 0.4) is 0 Å². The Morgan fingerprint density at radius 2 is 2.16 bits per heavy atom. The first kappa shape index (κ1) is 15.1. The first-order chi connectivity index (χ1) is 9.15. The molecule has 1 saturated carbocycles. The molecule has 1 saturated heterocycles. The molecule has 2 fully saturated rings. The van der Waals surface area contributed by atoms with Gasteiger partial charge in [-0.3, -0.25) is 4.79 Å². The lowest BCUT2D eigenvalue weighted by atomic mass is 9.97. The van der Waals surface area contributed by atoms with E-state index in [1.165, 1.54) is 6.42 Å². The van der Waals surface area contributed by atoms with E-state index in [4.69, 9.17) is 10.5 Å². The number of carbonyl (C=O) groups is 1. The summed E-state index contributed by atoms with van der Waals surface area (Å²) in [5, 5.41) is 3.12. The van der Waals surface area contributed by atoms with Crippen molar-refractivity contribution in [3.8, 4) is 0 Å². The summed E-state index contributed by atoms with van der Waals surface area (Å²) < 4.78 is 5.58. The highest BCUT2D eigenvalue weighted by Gasteiger charge is 2.33. The molecular formula is C14H26N2O2S. The number of carbonyl (C=O) groups excluding carboxylic acids is 1. The van der Waals surface area contributed by atoms with Crippen LogP contribution in [0.2, 0.25) is 0 Å². The lowest BCUT2D eigenvalue weighted by Crippen LogP contribution is -2.44. The Kier molecular flexibility index (Phi) is 5.54. The Balaban J connectivity index is 1.75. The number of thioether (sulfide) groups is 1. The predicted octanol–water partition coefficient (Wildman–Crippen LogP) is 1.53. The summed E-state index contributed by atoms with van der Waals surface area (Å²) in [6, 6.07) is 0.225. The molecule has 2 aliphatic rings. The van der Waals surface area contributed by atoms with E-state index in [1.54, 1.807) is 0 Å². The van der Waals surface area contributed by atoms with Crippen LogP contribution in [0.15, 0.2) is 0 Å². The molecule has 0 aromatic carbocycles. The van der Waals surface area contributed by atoms with Crippen molar-refractivity contribution in [3.05, 3.63) is 0 Å². The molecule has 2 rings (SSSR count). The maximum atomic E-state index is 12.0. The van der Waals surface area contributed by atoms with Crippen molar-refractivity contribution in [3.63, 3.8) is 0 Å². The Morgan fingerprint density at radius 1 is 1.42 bits per heavy atom. The Hall–Kier alpha value is -0.260. The van der Waals surface area contributed by atoms with Crippen molar-refractivity contribution >= 4 is 17.7 Å². The molecular weight excluding hydrogens is 260 g/mol. The van der Waals surface area contributed by atoms with Gasteiger partial charge in [-0.25, -0.2) is 0 Å². The van der Waals surface area contributed by atoms with Crippen molar-refractivity contribution in [2.45, 2.75) is 49.3 Å². The molecule has 1 aliphatic carbocycles. The second-order valence-corrected chi connectivity index (χ2v) is 7.11. The SMILES string of the molecule is CSC1(CNC(=O)C[C@@H]2CCC[C@H]2N)CCOCC1. The third kappa shape index (κ3) is 4.10. The van der Waals surface area contributed by atoms with Gasteiger partial charge in [-0.15, -0.1) is 0 Å². The number of hydrogen-bond acceptors (Lipinski definition) is 4. The topological polar surface area (TPSA) is 64.4 Å². The summed E-state index contributed by atoms with van der Waals surface area (Å²) in [4.78, 5) is 12.0. The molecule has 0 aromatic rings. The summed E-state index contributed by atoms with van der Waals surface area (Å²) in [5.74, 6) is 0.558. The minimum Gasteiger partial charge on any atom is -0.381 e. The van der Waals surface area contributed by atoms with Gasteiger partial charge in [0.05, 0.1) is 0 Å².